The second kappa shape index (κ2) is 9.26. The first-order valence-corrected chi connectivity index (χ1v) is 13.0. The average molecular weight is 474 g/mol. The summed E-state index contributed by atoms with van der Waals surface area (Å²) < 4.78 is 26.8. The van der Waals surface area contributed by atoms with Crippen molar-refractivity contribution in [3.63, 3.8) is 0 Å². The number of nitrogens with one attached hydrogen (secondary N) is 2. The number of nitrogens with zero attached hydrogens (tertiary/aromatic N) is 3. The fourth-order valence-electron chi connectivity index (χ4n) is 4.22. The summed E-state index contributed by atoms with van der Waals surface area (Å²) in [4.78, 5) is 23.9. The van der Waals surface area contributed by atoms with Gasteiger partial charge in [-0.3, -0.25) is 14.8 Å². The molecule has 1 aromatic carbocycles. The number of carbonyl (C=O) groups excluding carboxylic acids is 1. The van der Waals surface area contributed by atoms with E-state index in [1.54, 1.807) is 24.4 Å². The Kier molecular flexibility index (Phi) is 6.58. The van der Waals surface area contributed by atoms with Gasteiger partial charge in [-0.1, -0.05) is 13.8 Å². The molecule has 178 valence electrons. The lowest BCUT2D eigenvalue weighted by molar-refractivity contribution is 0.102. The summed E-state index contributed by atoms with van der Waals surface area (Å²) in [5.41, 5.74) is 2.77. The van der Waals surface area contributed by atoms with E-state index < -0.39 is 16.6 Å². The summed E-state index contributed by atoms with van der Waals surface area (Å²) in [6.45, 7) is 5.20. The van der Waals surface area contributed by atoms with Gasteiger partial charge < -0.3 is 10.0 Å². The molecule has 0 bridgehead atoms. The Hall–Kier alpha value is -2.72. The largest absolute Gasteiger partial charge is 0.395 e. The third kappa shape index (κ3) is 5.62. The van der Waals surface area contributed by atoms with Crippen molar-refractivity contribution in [2.24, 2.45) is 5.41 Å². The van der Waals surface area contributed by atoms with Crippen LogP contribution in [0.3, 0.4) is 0 Å². The fraction of sp³-hybridized carbons (Fsp3) is 0.522. The standard InChI is InChI=1S/C23H31N5O4S/c1-16(2)19-5-10-24-22(25-19)26-21(30)18-4-3-17(27-33(31,32)14-13-29)15-20(18)28-11-8-23(6-7-23)9-12-28/h3-5,10,15-16,27,29H,6-9,11-14H2,1-2H3,(H,24,25,26,30). The third-order valence-corrected chi connectivity index (χ3v) is 7.76. The summed E-state index contributed by atoms with van der Waals surface area (Å²) in [7, 11) is -3.67. The molecule has 1 saturated carbocycles. The van der Waals surface area contributed by atoms with Crippen molar-refractivity contribution in [1.82, 2.24) is 9.97 Å². The normalized spacial score (nSPS) is 17.3. The Labute approximate surface area is 194 Å². The number of piperidine rings is 1. The minimum atomic E-state index is -3.67. The summed E-state index contributed by atoms with van der Waals surface area (Å²) in [6.07, 6.45) is 6.27. The molecule has 2 heterocycles. The number of rotatable bonds is 8. The summed E-state index contributed by atoms with van der Waals surface area (Å²) in [5, 5.41) is 11.8. The van der Waals surface area contributed by atoms with Crippen molar-refractivity contribution in [3.8, 4) is 0 Å². The summed E-state index contributed by atoms with van der Waals surface area (Å²) in [6, 6.07) is 6.70. The van der Waals surface area contributed by atoms with Gasteiger partial charge in [0.1, 0.15) is 0 Å². The highest BCUT2D eigenvalue weighted by atomic mass is 32.2. The third-order valence-electron chi connectivity index (χ3n) is 6.49. The second-order valence-electron chi connectivity index (χ2n) is 9.28. The van der Waals surface area contributed by atoms with Crippen LogP contribution in [0.25, 0.3) is 0 Å². The van der Waals surface area contributed by atoms with Gasteiger partial charge in [-0.05, 0) is 61.3 Å². The van der Waals surface area contributed by atoms with E-state index in [4.69, 9.17) is 5.11 Å². The van der Waals surface area contributed by atoms with E-state index in [9.17, 15) is 13.2 Å². The smallest absolute Gasteiger partial charge is 0.260 e. The zero-order chi connectivity index (χ0) is 23.6. The van der Waals surface area contributed by atoms with E-state index in [1.165, 1.54) is 12.8 Å². The van der Waals surface area contributed by atoms with Crippen LogP contribution in [0.15, 0.2) is 30.5 Å². The molecule has 2 aliphatic rings. The number of carbonyl (C=O) groups is 1. The van der Waals surface area contributed by atoms with Gasteiger partial charge in [0.05, 0.1) is 29.3 Å². The Bertz CT molecular complexity index is 1120. The topological polar surface area (TPSA) is 125 Å². The minimum absolute atomic E-state index is 0.202. The monoisotopic (exact) mass is 473 g/mol. The van der Waals surface area contributed by atoms with Gasteiger partial charge in [-0.2, -0.15) is 0 Å². The van der Waals surface area contributed by atoms with E-state index in [2.05, 4.69) is 24.9 Å². The number of sulfonamides is 1. The lowest BCUT2D eigenvalue weighted by Gasteiger charge is -2.35. The number of amides is 1. The maximum Gasteiger partial charge on any atom is 0.260 e. The lowest BCUT2D eigenvalue weighted by Crippen LogP contribution is -2.36. The molecule has 4 rings (SSSR count). The van der Waals surface area contributed by atoms with Gasteiger partial charge in [-0.15, -0.1) is 0 Å². The summed E-state index contributed by atoms with van der Waals surface area (Å²) >= 11 is 0. The van der Waals surface area contributed by atoms with Gasteiger partial charge in [0.25, 0.3) is 5.91 Å². The molecule has 1 aromatic heterocycles. The Balaban J connectivity index is 1.61. The van der Waals surface area contributed by atoms with E-state index in [0.717, 1.165) is 31.6 Å². The van der Waals surface area contributed by atoms with Crippen LogP contribution < -0.4 is 14.9 Å². The van der Waals surface area contributed by atoms with Gasteiger partial charge in [0.2, 0.25) is 16.0 Å². The van der Waals surface area contributed by atoms with E-state index in [0.29, 0.717) is 22.4 Å². The SMILES string of the molecule is CC(C)c1ccnc(NC(=O)c2ccc(NS(=O)(=O)CCO)cc2N2CCC3(CC2)CC3)n1. The number of anilines is 3. The van der Waals surface area contributed by atoms with E-state index >= 15 is 0 Å². The molecule has 9 nitrogen and oxygen atoms in total. The van der Waals surface area contributed by atoms with Crippen molar-refractivity contribution in [2.75, 3.05) is 40.4 Å². The predicted molar refractivity (Wildman–Crippen MR) is 128 cm³/mol. The van der Waals surface area contributed by atoms with Gasteiger partial charge >= 0.3 is 0 Å². The first-order valence-electron chi connectivity index (χ1n) is 11.3. The molecule has 0 atom stereocenters. The van der Waals surface area contributed by atoms with E-state index in [1.807, 2.05) is 19.9 Å². The molecule has 3 N–H and O–H groups in total. The number of hydrogen-bond donors (Lipinski definition) is 3. The number of aliphatic hydroxyl groups is 1. The van der Waals surface area contributed by atoms with Crippen LogP contribution in [0.4, 0.5) is 17.3 Å². The maximum absolute atomic E-state index is 13.2. The fourth-order valence-corrected chi connectivity index (χ4v) is 5.05. The summed E-state index contributed by atoms with van der Waals surface area (Å²) in [5.74, 6) is -0.295. The maximum atomic E-state index is 13.2. The predicted octanol–water partition coefficient (Wildman–Crippen LogP) is 2.97. The van der Waals surface area contributed by atoms with Crippen molar-refractivity contribution >= 4 is 33.3 Å². The molecule has 0 radical (unpaired) electrons. The lowest BCUT2D eigenvalue weighted by atomic mass is 9.93. The highest BCUT2D eigenvalue weighted by Crippen LogP contribution is 2.54. The molecule has 1 saturated heterocycles. The molecule has 33 heavy (non-hydrogen) atoms. The highest BCUT2D eigenvalue weighted by molar-refractivity contribution is 7.92. The molecule has 1 amide bonds. The molecule has 2 fully saturated rings. The Morgan fingerprint density at radius 2 is 1.91 bits per heavy atom. The van der Waals surface area contributed by atoms with Crippen molar-refractivity contribution in [2.45, 2.75) is 45.4 Å². The van der Waals surface area contributed by atoms with E-state index in [-0.39, 0.29) is 23.5 Å². The molecule has 0 unspecified atom stereocenters. The van der Waals surface area contributed by atoms with Gasteiger partial charge in [0, 0.05) is 25.0 Å². The van der Waals surface area contributed by atoms with Crippen LogP contribution in [-0.2, 0) is 10.0 Å². The quantitative estimate of drug-likeness (QED) is 0.538. The number of benzene rings is 1. The molecular formula is C23H31N5O4S. The van der Waals surface area contributed by atoms with Crippen LogP contribution in [0.1, 0.15) is 61.5 Å². The molecule has 2 aromatic rings. The minimum Gasteiger partial charge on any atom is -0.395 e. The van der Waals surface area contributed by atoms with Crippen LogP contribution in [-0.4, -0.2) is 54.8 Å². The zero-order valence-electron chi connectivity index (χ0n) is 19.0. The van der Waals surface area contributed by atoms with Crippen LogP contribution in [0.5, 0.6) is 0 Å². The molecule has 1 aliphatic heterocycles. The number of hydrogen-bond acceptors (Lipinski definition) is 7. The zero-order valence-corrected chi connectivity index (χ0v) is 19.9. The van der Waals surface area contributed by atoms with Crippen molar-refractivity contribution in [1.29, 1.82) is 0 Å². The highest BCUT2D eigenvalue weighted by Gasteiger charge is 2.44. The van der Waals surface area contributed by atoms with Crippen molar-refractivity contribution in [3.05, 3.63) is 41.7 Å². The van der Waals surface area contributed by atoms with Crippen LogP contribution >= 0.6 is 0 Å². The molecular weight excluding hydrogens is 442 g/mol. The first-order chi connectivity index (χ1) is 15.7. The first kappa shape index (κ1) is 23.4. The van der Waals surface area contributed by atoms with Gasteiger partial charge in [0.15, 0.2) is 0 Å². The Morgan fingerprint density at radius 1 is 1.18 bits per heavy atom. The molecule has 1 spiro atoms. The van der Waals surface area contributed by atoms with Gasteiger partial charge in [-0.25, -0.2) is 18.4 Å². The average Bonchev–Trinajstić information content (AvgIpc) is 3.52. The molecule has 10 heteroatoms. The second-order valence-corrected chi connectivity index (χ2v) is 11.1. The number of aliphatic hydroxyl groups excluding tert-OH is 1. The number of aromatic nitrogens is 2. The van der Waals surface area contributed by atoms with Crippen LogP contribution in [0.2, 0.25) is 0 Å². The van der Waals surface area contributed by atoms with Crippen LogP contribution in [0, 0.1) is 5.41 Å². The molecule has 1 aliphatic carbocycles. The van der Waals surface area contributed by atoms with Crippen molar-refractivity contribution < 1.29 is 18.3 Å². The Morgan fingerprint density at radius 3 is 2.55 bits per heavy atom.